The Hall–Kier alpha value is -1.10. The largest absolute Gasteiger partial charge is 0.469 e. The summed E-state index contributed by atoms with van der Waals surface area (Å²) >= 11 is 0. The van der Waals surface area contributed by atoms with E-state index >= 15 is 0 Å². The van der Waals surface area contributed by atoms with Crippen LogP contribution in [0.2, 0.25) is 0 Å². The lowest BCUT2D eigenvalue weighted by Crippen LogP contribution is -2.42. The highest BCUT2D eigenvalue weighted by Gasteiger charge is 2.20. The number of hydrogen-bond donors (Lipinski definition) is 2. The number of piperidine rings is 1. The lowest BCUT2D eigenvalue weighted by Gasteiger charge is -2.22. The minimum absolute atomic E-state index is 0.452. The van der Waals surface area contributed by atoms with Crippen LogP contribution in [0.15, 0.2) is 17.2 Å². The van der Waals surface area contributed by atoms with Gasteiger partial charge < -0.3 is 10.6 Å². The topological polar surface area (TPSA) is 59.8 Å². The molecule has 0 amide bonds. The van der Waals surface area contributed by atoms with Crippen LogP contribution in [0.5, 0.6) is 0 Å². The lowest BCUT2D eigenvalue weighted by atomic mass is 10.1. The third-order valence-corrected chi connectivity index (χ3v) is 2.00. The van der Waals surface area contributed by atoms with E-state index in [2.05, 4.69) is 21.0 Å². The van der Waals surface area contributed by atoms with Gasteiger partial charge in [0.1, 0.15) is 5.11 Å². The molecular weight excluding hydrogens is 156 g/mol. The van der Waals surface area contributed by atoms with E-state index in [1.165, 1.54) is 12.8 Å². The highest BCUT2D eigenvalue weighted by atomic mass is 16.7. The molecule has 5 heteroatoms. The van der Waals surface area contributed by atoms with Crippen molar-refractivity contribution in [3.05, 3.63) is 12.1 Å². The molecule has 1 saturated heterocycles. The van der Waals surface area contributed by atoms with Crippen molar-refractivity contribution in [2.45, 2.75) is 18.9 Å². The zero-order valence-electron chi connectivity index (χ0n) is 6.79. The summed E-state index contributed by atoms with van der Waals surface area (Å²) in [5, 5.41) is 13.5. The van der Waals surface area contributed by atoms with Gasteiger partial charge in [-0.15, -0.1) is 4.84 Å². The van der Waals surface area contributed by atoms with Gasteiger partial charge in [-0.25, -0.2) is 0 Å². The second-order valence-corrected chi connectivity index (χ2v) is 2.97. The second kappa shape index (κ2) is 3.53. The summed E-state index contributed by atoms with van der Waals surface area (Å²) in [6, 6.07) is 0.452. The van der Waals surface area contributed by atoms with Crippen LogP contribution in [0.25, 0.3) is 0 Å². The van der Waals surface area contributed by atoms with Gasteiger partial charge in [0, 0.05) is 12.6 Å². The monoisotopic (exact) mass is 168 g/mol. The normalized spacial score (nSPS) is 28.0. The van der Waals surface area contributed by atoms with E-state index in [0.717, 1.165) is 13.1 Å². The first-order valence-electron chi connectivity index (χ1n) is 4.20. The molecule has 1 radical (unpaired) electrons. The Balaban J connectivity index is 1.78. The van der Waals surface area contributed by atoms with Crippen LogP contribution in [-0.4, -0.2) is 19.1 Å². The van der Waals surface area contributed by atoms with Crippen LogP contribution in [0, 0.1) is 0 Å². The molecule has 2 aliphatic heterocycles. The molecule has 2 aliphatic rings. The predicted molar refractivity (Wildman–Crippen MR) is 42.8 cm³/mol. The Morgan fingerprint density at radius 2 is 2.75 bits per heavy atom. The molecule has 5 nitrogen and oxygen atoms in total. The van der Waals surface area contributed by atoms with E-state index in [0.29, 0.717) is 11.9 Å². The van der Waals surface area contributed by atoms with Crippen molar-refractivity contribution >= 4 is 0 Å². The molecule has 0 spiro atoms. The van der Waals surface area contributed by atoms with Gasteiger partial charge in [0.25, 0.3) is 0 Å². The molecule has 2 heterocycles. The van der Waals surface area contributed by atoms with Crippen molar-refractivity contribution in [2.75, 3.05) is 13.1 Å². The lowest BCUT2D eigenvalue weighted by molar-refractivity contribution is 0.140. The minimum atomic E-state index is 0.452. The van der Waals surface area contributed by atoms with Gasteiger partial charge in [-0.1, -0.05) is 0 Å². The molecule has 2 N–H and O–H groups in total. The fourth-order valence-electron chi connectivity index (χ4n) is 1.41. The minimum Gasteiger partial charge on any atom is -0.345 e. The smallest absolute Gasteiger partial charge is 0.345 e. The van der Waals surface area contributed by atoms with E-state index in [1.54, 1.807) is 6.20 Å². The van der Waals surface area contributed by atoms with E-state index in [1.807, 2.05) is 0 Å². The fourth-order valence-corrected chi connectivity index (χ4v) is 1.41. The SMILES string of the molecule is C1=C(NC2CCCNC2)O[N+]=N1. The molecular formula is C7H12N4O+. The Labute approximate surface area is 70.8 Å². The maximum atomic E-state index is 4.84. The Morgan fingerprint density at radius 1 is 1.75 bits per heavy atom. The summed E-state index contributed by atoms with van der Waals surface area (Å²) in [6.07, 6.45) is 3.97. The predicted octanol–water partition coefficient (Wildman–Crippen LogP) is -0.140. The third-order valence-electron chi connectivity index (χ3n) is 2.00. The van der Waals surface area contributed by atoms with Gasteiger partial charge in [0.15, 0.2) is 6.20 Å². The molecule has 1 atom stereocenters. The second-order valence-electron chi connectivity index (χ2n) is 2.97. The van der Waals surface area contributed by atoms with E-state index in [4.69, 9.17) is 4.84 Å². The molecule has 0 bridgehead atoms. The third kappa shape index (κ3) is 1.73. The number of nitrogens with one attached hydrogen (secondary N) is 2. The molecule has 2 rings (SSSR count). The molecule has 12 heavy (non-hydrogen) atoms. The highest BCUT2D eigenvalue weighted by molar-refractivity contribution is 4.93. The summed E-state index contributed by atoms with van der Waals surface area (Å²) in [5.41, 5.74) is 0. The van der Waals surface area contributed by atoms with Gasteiger partial charge in [0.2, 0.25) is 0 Å². The molecule has 0 aromatic heterocycles. The van der Waals surface area contributed by atoms with Gasteiger partial charge in [0.05, 0.1) is 0 Å². The summed E-state index contributed by atoms with van der Waals surface area (Å²) in [4.78, 5) is 4.84. The Morgan fingerprint density at radius 3 is 3.42 bits per heavy atom. The van der Waals surface area contributed by atoms with Gasteiger partial charge in [-0.2, -0.15) is 0 Å². The standard InChI is InChI=1S/C7H12N4O/c1-2-6(4-8-3-1)10-7-5-9-11-12-7/h5-6,8,10H,1-4H2/q+1. The first-order valence-corrected chi connectivity index (χ1v) is 4.20. The number of nitrogens with zero attached hydrogens (tertiary/aromatic N) is 2. The Kier molecular flexibility index (Phi) is 2.22. The highest BCUT2D eigenvalue weighted by Crippen LogP contribution is 2.05. The molecule has 0 aromatic carbocycles. The van der Waals surface area contributed by atoms with Gasteiger partial charge >= 0.3 is 11.2 Å². The van der Waals surface area contributed by atoms with Crippen molar-refractivity contribution in [3.8, 4) is 0 Å². The van der Waals surface area contributed by atoms with Crippen molar-refractivity contribution in [3.63, 3.8) is 0 Å². The van der Waals surface area contributed by atoms with Crippen molar-refractivity contribution < 1.29 is 4.84 Å². The van der Waals surface area contributed by atoms with Crippen molar-refractivity contribution in [1.82, 2.24) is 15.9 Å². The van der Waals surface area contributed by atoms with Crippen LogP contribution in [-0.2, 0) is 4.84 Å². The zero-order valence-corrected chi connectivity index (χ0v) is 6.79. The van der Waals surface area contributed by atoms with Gasteiger partial charge in [-0.3, -0.25) is 0 Å². The quantitative estimate of drug-likeness (QED) is 0.603. The fraction of sp³-hybridized carbons (Fsp3) is 0.714. The van der Waals surface area contributed by atoms with Crippen molar-refractivity contribution in [1.29, 1.82) is 0 Å². The van der Waals surface area contributed by atoms with E-state index < -0.39 is 0 Å². The van der Waals surface area contributed by atoms with Crippen LogP contribution < -0.4 is 15.9 Å². The first-order chi connectivity index (χ1) is 5.95. The van der Waals surface area contributed by atoms with Gasteiger partial charge in [-0.05, 0) is 19.4 Å². The summed E-state index contributed by atoms with van der Waals surface area (Å²) in [5.74, 6) is 0.656. The summed E-state index contributed by atoms with van der Waals surface area (Å²) < 4.78 is 0. The molecule has 0 aromatic rings. The summed E-state index contributed by atoms with van der Waals surface area (Å²) in [7, 11) is 0. The maximum absolute atomic E-state index is 4.84. The number of hydrogen-bond acceptors (Lipinski definition) is 5. The zero-order chi connectivity index (χ0) is 8.23. The molecule has 0 saturated carbocycles. The summed E-state index contributed by atoms with van der Waals surface area (Å²) in [6.45, 7) is 2.10. The van der Waals surface area contributed by atoms with Crippen LogP contribution in [0.3, 0.4) is 0 Å². The maximum Gasteiger partial charge on any atom is 0.469 e. The Bertz CT molecular complexity index is 207. The van der Waals surface area contributed by atoms with E-state index in [-0.39, 0.29) is 0 Å². The van der Waals surface area contributed by atoms with Crippen LogP contribution >= 0.6 is 0 Å². The molecule has 0 aliphatic carbocycles. The van der Waals surface area contributed by atoms with Crippen LogP contribution in [0.1, 0.15) is 12.8 Å². The van der Waals surface area contributed by atoms with E-state index in [9.17, 15) is 0 Å². The molecule has 1 unspecified atom stereocenters. The molecule has 65 valence electrons. The first kappa shape index (κ1) is 7.54. The average Bonchev–Trinajstić information content (AvgIpc) is 2.59. The van der Waals surface area contributed by atoms with Crippen LogP contribution in [0.4, 0.5) is 0 Å². The van der Waals surface area contributed by atoms with Crippen molar-refractivity contribution in [2.24, 2.45) is 5.11 Å². The molecule has 1 fully saturated rings. The number of rotatable bonds is 2. The average molecular weight is 168 g/mol.